The highest BCUT2D eigenvalue weighted by molar-refractivity contribution is 9.10. The third-order valence-corrected chi connectivity index (χ3v) is 4.12. The van der Waals surface area contributed by atoms with Crippen molar-refractivity contribution in [2.75, 3.05) is 24.5 Å². The fraction of sp³-hybridized carbons (Fsp3) is 0.688. The molecule has 0 atom stereocenters. The molecule has 0 radical (unpaired) electrons. The van der Waals surface area contributed by atoms with Crippen molar-refractivity contribution in [3.05, 3.63) is 16.5 Å². The number of nitrogens with zero attached hydrogens (tertiary/aromatic N) is 3. The summed E-state index contributed by atoms with van der Waals surface area (Å²) >= 11 is 3.34. The smallest absolute Gasteiger partial charge is 0.407 e. The summed E-state index contributed by atoms with van der Waals surface area (Å²) in [6.45, 7) is 10.1. The molecule has 0 aliphatic carbocycles. The molecule has 0 unspecified atom stereocenters. The van der Waals surface area contributed by atoms with E-state index in [2.05, 4.69) is 36.1 Å². The van der Waals surface area contributed by atoms with Crippen molar-refractivity contribution < 1.29 is 9.53 Å². The maximum atomic E-state index is 11.7. The van der Waals surface area contributed by atoms with Gasteiger partial charge in [-0.25, -0.2) is 14.8 Å². The lowest BCUT2D eigenvalue weighted by molar-refractivity contribution is 0.0517. The van der Waals surface area contributed by atoms with Gasteiger partial charge in [-0.3, -0.25) is 0 Å². The minimum Gasteiger partial charge on any atom is -0.444 e. The molecule has 1 aliphatic heterocycles. The average Bonchev–Trinajstić information content (AvgIpc) is 2.44. The summed E-state index contributed by atoms with van der Waals surface area (Å²) in [4.78, 5) is 22.8. The van der Waals surface area contributed by atoms with Crippen LogP contribution in [0.25, 0.3) is 0 Å². The van der Waals surface area contributed by atoms with E-state index in [0.29, 0.717) is 12.5 Å². The monoisotopic (exact) mass is 384 g/mol. The highest BCUT2D eigenvalue weighted by Gasteiger charge is 2.23. The van der Waals surface area contributed by atoms with Gasteiger partial charge in [0, 0.05) is 19.6 Å². The van der Waals surface area contributed by atoms with Gasteiger partial charge in [0.05, 0.1) is 11.9 Å². The number of hydrogen-bond acceptors (Lipinski definition) is 5. The Labute approximate surface area is 146 Å². The SMILES string of the molecule is Cc1nc(Br)cnc1N1CCC(CNC(=O)OC(C)(C)C)CC1. The lowest BCUT2D eigenvalue weighted by atomic mass is 9.97. The highest BCUT2D eigenvalue weighted by Crippen LogP contribution is 2.24. The summed E-state index contributed by atoms with van der Waals surface area (Å²) in [5.74, 6) is 1.43. The normalized spacial score (nSPS) is 16.3. The Kier molecular flexibility index (Phi) is 5.84. The van der Waals surface area contributed by atoms with E-state index < -0.39 is 5.60 Å². The molecule has 0 aromatic carbocycles. The van der Waals surface area contributed by atoms with Crippen LogP contribution in [-0.2, 0) is 4.74 Å². The largest absolute Gasteiger partial charge is 0.444 e. The molecule has 1 amide bonds. The first-order valence-electron chi connectivity index (χ1n) is 7.95. The number of hydrogen-bond donors (Lipinski definition) is 1. The van der Waals surface area contributed by atoms with Gasteiger partial charge in [-0.2, -0.15) is 0 Å². The van der Waals surface area contributed by atoms with E-state index in [0.717, 1.165) is 42.0 Å². The third kappa shape index (κ3) is 5.64. The van der Waals surface area contributed by atoms with Crippen molar-refractivity contribution in [1.82, 2.24) is 15.3 Å². The first-order valence-corrected chi connectivity index (χ1v) is 8.75. The molecule has 1 aromatic rings. The summed E-state index contributed by atoms with van der Waals surface area (Å²) in [5.41, 5.74) is 0.482. The predicted octanol–water partition coefficient (Wildman–Crippen LogP) is 3.29. The Morgan fingerprint density at radius 2 is 2.09 bits per heavy atom. The molecule has 1 saturated heterocycles. The number of aromatic nitrogens is 2. The molecule has 1 fully saturated rings. The number of ether oxygens (including phenoxy) is 1. The van der Waals surface area contributed by atoms with Crippen LogP contribution in [0.15, 0.2) is 10.8 Å². The zero-order chi connectivity index (χ0) is 17.0. The van der Waals surface area contributed by atoms with E-state index in [9.17, 15) is 4.79 Å². The number of carbonyl (C=O) groups excluding carboxylic acids is 1. The molecule has 0 saturated carbocycles. The zero-order valence-corrected chi connectivity index (χ0v) is 15.8. The molecule has 0 spiro atoms. The molecule has 1 N–H and O–H groups in total. The maximum absolute atomic E-state index is 11.7. The molecular formula is C16H25BrN4O2. The first kappa shape index (κ1) is 18.0. The van der Waals surface area contributed by atoms with E-state index in [1.165, 1.54) is 0 Å². The Bertz CT molecular complexity index is 552. The molecule has 1 aliphatic rings. The van der Waals surface area contributed by atoms with Gasteiger partial charge in [0.1, 0.15) is 16.0 Å². The molecule has 2 heterocycles. The summed E-state index contributed by atoms with van der Waals surface area (Å²) < 4.78 is 6.02. The molecule has 7 heteroatoms. The Balaban J connectivity index is 1.79. The van der Waals surface area contributed by atoms with Crippen molar-refractivity contribution >= 4 is 27.8 Å². The molecule has 0 bridgehead atoms. The van der Waals surface area contributed by atoms with Gasteiger partial charge < -0.3 is 15.0 Å². The van der Waals surface area contributed by atoms with Gasteiger partial charge in [0.25, 0.3) is 0 Å². The van der Waals surface area contributed by atoms with Gasteiger partial charge in [-0.05, 0) is 62.4 Å². The Morgan fingerprint density at radius 1 is 1.43 bits per heavy atom. The number of halogens is 1. The summed E-state index contributed by atoms with van der Waals surface area (Å²) in [5, 5.41) is 2.87. The molecule has 128 valence electrons. The number of rotatable bonds is 3. The topological polar surface area (TPSA) is 67.4 Å². The van der Waals surface area contributed by atoms with E-state index in [-0.39, 0.29) is 6.09 Å². The standard InChI is InChI=1S/C16H25BrN4O2/c1-11-14(18-10-13(17)20-11)21-7-5-12(6-8-21)9-19-15(22)23-16(2,3)4/h10,12H,5-9H2,1-4H3,(H,19,22). The van der Waals surface area contributed by atoms with Crippen molar-refractivity contribution in [2.45, 2.75) is 46.1 Å². The first-order chi connectivity index (χ1) is 10.7. The van der Waals surface area contributed by atoms with Crippen molar-refractivity contribution in [3.63, 3.8) is 0 Å². The summed E-state index contributed by atoms with van der Waals surface area (Å²) in [7, 11) is 0. The lowest BCUT2D eigenvalue weighted by Gasteiger charge is -2.33. The number of piperidine rings is 1. The third-order valence-electron chi connectivity index (χ3n) is 3.74. The van der Waals surface area contributed by atoms with Gasteiger partial charge in [0.15, 0.2) is 0 Å². The minimum absolute atomic E-state index is 0.338. The van der Waals surface area contributed by atoms with Crippen LogP contribution in [0.1, 0.15) is 39.3 Å². The second-order valence-electron chi connectivity index (χ2n) is 6.91. The second-order valence-corrected chi connectivity index (χ2v) is 7.73. The van der Waals surface area contributed by atoms with Gasteiger partial charge in [0.2, 0.25) is 0 Å². The predicted molar refractivity (Wildman–Crippen MR) is 93.6 cm³/mol. The van der Waals surface area contributed by atoms with Crippen LogP contribution in [-0.4, -0.2) is 41.3 Å². The second kappa shape index (κ2) is 7.47. The highest BCUT2D eigenvalue weighted by atomic mass is 79.9. The van der Waals surface area contributed by atoms with E-state index in [1.54, 1.807) is 6.20 Å². The van der Waals surface area contributed by atoms with Crippen LogP contribution < -0.4 is 10.2 Å². The van der Waals surface area contributed by atoms with E-state index >= 15 is 0 Å². The zero-order valence-electron chi connectivity index (χ0n) is 14.2. The molecule has 2 rings (SSSR count). The summed E-state index contributed by atoms with van der Waals surface area (Å²) in [6, 6.07) is 0. The Hall–Kier alpha value is -1.37. The fourth-order valence-electron chi connectivity index (χ4n) is 2.65. The maximum Gasteiger partial charge on any atom is 0.407 e. The number of alkyl carbamates (subject to hydrolysis) is 1. The lowest BCUT2D eigenvalue weighted by Crippen LogP contribution is -2.40. The number of carbonyl (C=O) groups is 1. The number of nitrogens with one attached hydrogen (secondary N) is 1. The van der Waals surface area contributed by atoms with Gasteiger partial charge >= 0.3 is 6.09 Å². The van der Waals surface area contributed by atoms with Gasteiger partial charge in [-0.15, -0.1) is 0 Å². The van der Waals surface area contributed by atoms with Crippen LogP contribution in [0.3, 0.4) is 0 Å². The molecular weight excluding hydrogens is 360 g/mol. The van der Waals surface area contributed by atoms with Crippen LogP contribution in [0.5, 0.6) is 0 Å². The van der Waals surface area contributed by atoms with E-state index in [4.69, 9.17) is 4.74 Å². The quantitative estimate of drug-likeness (QED) is 0.865. The molecule has 23 heavy (non-hydrogen) atoms. The van der Waals surface area contributed by atoms with Crippen LogP contribution in [0.4, 0.5) is 10.6 Å². The van der Waals surface area contributed by atoms with Crippen LogP contribution in [0, 0.1) is 12.8 Å². The minimum atomic E-state index is -0.453. The number of anilines is 1. The van der Waals surface area contributed by atoms with Crippen LogP contribution in [0.2, 0.25) is 0 Å². The number of aryl methyl sites for hydroxylation is 1. The van der Waals surface area contributed by atoms with Gasteiger partial charge in [-0.1, -0.05) is 0 Å². The Morgan fingerprint density at radius 3 is 2.65 bits per heavy atom. The average molecular weight is 385 g/mol. The van der Waals surface area contributed by atoms with Crippen molar-refractivity contribution in [3.8, 4) is 0 Å². The number of amides is 1. The molecule has 1 aromatic heterocycles. The fourth-order valence-corrected chi connectivity index (χ4v) is 3.02. The van der Waals surface area contributed by atoms with Crippen molar-refractivity contribution in [2.24, 2.45) is 5.92 Å². The molecule has 6 nitrogen and oxygen atoms in total. The van der Waals surface area contributed by atoms with Crippen LogP contribution >= 0.6 is 15.9 Å². The van der Waals surface area contributed by atoms with Crippen molar-refractivity contribution in [1.29, 1.82) is 0 Å². The van der Waals surface area contributed by atoms with E-state index in [1.807, 2.05) is 27.7 Å². The summed E-state index contributed by atoms with van der Waals surface area (Å²) in [6.07, 6.45) is 3.44.